The van der Waals surface area contributed by atoms with E-state index in [2.05, 4.69) is 41.4 Å². The zero-order chi connectivity index (χ0) is 21.2. The summed E-state index contributed by atoms with van der Waals surface area (Å²) in [6.45, 7) is 6.30. The van der Waals surface area contributed by atoms with Crippen LogP contribution in [0.2, 0.25) is 5.02 Å². The molecule has 2 N–H and O–H groups in total. The molecule has 0 atom stereocenters. The summed E-state index contributed by atoms with van der Waals surface area (Å²) in [5.41, 5.74) is 1.23. The summed E-state index contributed by atoms with van der Waals surface area (Å²) in [7, 11) is 0. The zero-order valence-electron chi connectivity index (χ0n) is 16.1. The molecule has 4 nitrogen and oxygen atoms in total. The molecule has 1 heterocycles. The van der Waals surface area contributed by atoms with Gasteiger partial charge >= 0.3 is 6.18 Å². The molecule has 8 heteroatoms. The van der Waals surface area contributed by atoms with Crippen LogP contribution in [-0.4, -0.2) is 9.97 Å². The second-order valence-corrected chi connectivity index (χ2v) is 7.98. The van der Waals surface area contributed by atoms with Crippen molar-refractivity contribution in [2.24, 2.45) is 0 Å². The van der Waals surface area contributed by atoms with Crippen LogP contribution in [0.5, 0.6) is 0 Å². The minimum atomic E-state index is -4.60. The van der Waals surface area contributed by atoms with E-state index >= 15 is 0 Å². The lowest BCUT2D eigenvalue weighted by Crippen LogP contribution is -2.13. The third-order valence-corrected chi connectivity index (χ3v) is 4.42. The molecule has 3 aromatic rings. The third-order valence-electron chi connectivity index (χ3n) is 4.19. The fourth-order valence-corrected chi connectivity index (χ4v) is 2.82. The molecule has 2 aromatic carbocycles. The van der Waals surface area contributed by atoms with Gasteiger partial charge in [0.25, 0.3) is 0 Å². The molecule has 0 unspecified atom stereocenters. The Hall–Kier alpha value is -2.80. The number of nitrogens with one attached hydrogen (secondary N) is 2. The molecule has 0 aliphatic carbocycles. The molecule has 0 saturated carbocycles. The summed E-state index contributed by atoms with van der Waals surface area (Å²) in [4.78, 5) is 7.86. The first-order valence-corrected chi connectivity index (χ1v) is 9.24. The minimum absolute atomic E-state index is 0.00255. The molecular weight excluding hydrogens is 401 g/mol. The van der Waals surface area contributed by atoms with Crippen molar-refractivity contribution in [2.75, 3.05) is 10.6 Å². The number of alkyl halides is 3. The predicted octanol–water partition coefficient (Wildman–Crippen LogP) is 6.93. The minimum Gasteiger partial charge on any atom is -0.340 e. The molecule has 29 heavy (non-hydrogen) atoms. The molecule has 0 aliphatic rings. The number of anilines is 4. The number of nitrogens with zero attached hydrogens (tertiary/aromatic N) is 2. The van der Waals surface area contributed by atoms with E-state index in [0.29, 0.717) is 16.4 Å². The van der Waals surface area contributed by atoms with E-state index in [1.807, 2.05) is 24.3 Å². The molecule has 0 fully saturated rings. The maximum absolute atomic E-state index is 13.4. The summed E-state index contributed by atoms with van der Waals surface area (Å²) in [5.74, 6) is -0.311. The van der Waals surface area contributed by atoms with E-state index in [0.717, 1.165) is 11.8 Å². The first-order chi connectivity index (χ1) is 13.5. The average molecular weight is 421 g/mol. The van der Waals surface area contributed by atoms with E-state index in [-0.39, 0.29) is 17.2 Å². The zero-order valence-corrected chi connectivity index (χ0v) is 16.9. The van der Waals surface area contributed by atoms with Crippen molar-refractivity contribution < 1.29 is 13.2 Å². The number of halogens is 4. The van der Waals surface area contributed by atoms with Gasteiger partial charge < -0.3 is 10.6 Å². The molecule has 0 aliphatic heterocycles. The van der Waals surface area contributed by atoms with Gasteiger partial charge in [-0.25, -0.2) is 4.98 Å². The summed E-state index contributed by atoms with van der Waals surface area (Å²) in [5, 5.41) is 6.02. The summed E-state index contributed by atoms with van der Waals surface area (Å²) in [6, 6.07) is 14.0. The van der Waals surface area contributed by atoms with Crippen LogP contribution >= 0.6 is 11.6 Å². The van der Waals surface area contributed by atoms with E-state index < -0.39 is 11.7 Å². The number of benzene rings is 2. The Morgan fingerprint density at radius 3 is 2.17 bits per heavy atom. The lowest BCUT2D eigenvalue weighted by Gasteiger charge is -2.19. The van der Waals surface area contributed by atoms with Gasteiger partial charge in [-0.15, -0.1) is 0 Å². The highest BCUT2D eigenvalue weighted by Crippen LogP contribution is 2.35. The quantitative estimate of drug-likeness (QED) is 0.480. The molecule has 0 bridgehead atoms. The van der Waals surface area contributed by atoms with Gasteiger partial charge in [-0.1, -0.05) is 50.6 Å². The van der Waals surface area contributed by atoms with Gasteiger partial charge in [0, 0.05) is 22.6 Å². The van der Waals surface area contributed by atoms with Crippen molar-refractivity contribution >= 4 is 34.7 Å². The van der Waals surface area contributed by atoms with Crippen LogP contribution in [0.15, 0.2) is 54.7 Å². The van der Waals surface area contributed by atoms with Crippen LogP contribution in [0.4, 0.5) is 36.3 Å². The predicted molar refractivity (Wildman–Crippen MR) is 110 cm³/mol. The van der Waals surface area contributed by atoms with Crippen LogP contribution in [-0.2, 0) is 11.6 Å². The monoisotopic (exact) mass is 420 g/mol. The Morgan fingerprint density at radius 1 is 0.897 bits per heavy atom. The number of rotatable bonds is 4. The van der Waals surface area contributed by atoms with Crippen LogP contribution in [0.3, 0.4) is 0 Å². The lowest BCUT2D eigenvalue weighted by atomic mass is 9.87. The van der Waals surface area contributed by atoms with Gasteiger partial charge in [0.1, 0.15) is 11.4 Å². The molecule has 152 valence electrons. The van der Waals surface area contributed by atoms with Crippen molar-refractivity contribution in [2.45, 2.75) is 32.4 Å². The smallest absolute Gasteiger partial charge is 0.340 e. The second-order valence-electron chi connectivity index (χ2n) is 7.54. The molecule has 0 radical (unpaired) electrons. The maximum atomic E-state index is 13.4. The molecule has 1 aromatic heterocycles. The van der Waals surface area contributed by atoms with Crippen molar-refractivity contribution in [3.63, 3.8) is 0 Å². The normalized spacial score (nSPS) is 12.0. The highest BCUT2D eigenvalue weighted by molar-refractivity contribution is 6.30. The molecule has 0 spiro atoms. The highest BCUT2D eigenvalue weighted by Gasteiger charge is 2.35. The van der Waals surface area contributed by atoms with Gasteiger partial charge in [0.05, 0.1) is 0 Å². The standard InChI is InChI=1S/C21H20ClF3N4/c1-20(2,3)13-7-9-15(10-8-13)28-19-26-12-17(21(23,24)25)18(29-19)27-16-6-4-5-14(22)11-16/h4-12H,1-3H3,(H2,26,27,28,29). The Bertz CT molecular complexity index is 996. The number of hydrogen-bond acceptors (Lipinski definition) is 4. The maximum Gasteiger partial charge on any atom is 0.421 e. The Kier molecular flexibility index (Phi) is 5.71. The van der Waals surface area contributed by atoms with Gasteiger partial charge in [-0.2, -0.15) is 18.2 Å². The van der Waals surface area contributed by atoms with Gasteiger partial charge in [-0.05, 0) is 41.3 Å². The topological polar surface area (TPSA) is 49.8 Å². The van der Waals surface area contributed by atoms with Crippen LogP contribution in [0.1, 0.15) is 31.9 Å². The van der Waals surface area contributed by atoms with E-state index in [4.69, 9.17) is 11.6 Å². The third kappa shape index (κ3) is 5.38. The van der Waals surface area contributed by atoms with E-state index in [9.17, 15) is 13.2 Å². The van der Waals surface area contributed by atoms with Gasteiger partial charge in [-0.3, -0.25) is 0 Å². The fourth-order valence-electron chi connectivity index (χ4n) is 2.63. The van der Waals surface area contributed by atoms with Crippen molar-refractivity contribution in [1.82, 2.24) is 9.97 Å². The Morgan fingerprint density at radius 2 is 1.59 bits per heavy atom. The van der Waals surface area contributed by atoms with Crippen molar-refractivity contribution in [3.05, 3.63) is 70.9 Å². The first kappa shape index (κ1) is 20.9. The summed E-state index contributed by atoms with van der Waals surface area (Å²) in [6.07, 6.45) is -3.85. The Labute approximate surface area is 172 Å². The SMILES string of the molecule is CC(C)(C)c1ccc(Nc2ncc(C(F)(F)F)c(Nc3cccc(Cl)c3)n2)cc1. The largest absolute Gasteiger partial charge is 0.421 e. The molecule has 0 saturated heterocycles. The fraction of sp³-hybridized carbons (Fsp3) is 0.238. The van der Waals surface area contributed by atoms with Crippen LogP contribution < -0.4 is 10.6 Å². The lowest BCUT2D eigenvalue weighted by molar-refractivity contribution is -0.137. The number of aromatic nitrogens is 2. The summed E-state index contributed by atoms with van der Waals surface area (Å²) >= 11 is 5.92. The highest BCUT2D eigenvalue weighted by atomic mass is 35.5. The van der Waals surface area contributed by atoms with E-state index in [1.54, 1.807) is 18.2 Å². The van der Waals surface area contributed by atoms with Crippen molar-refractivity contribution in [1.29, 1.82) is 0 Å². The molecular formula is C21H20ClF3N4. The van der Waals surface area contributed by atoms with Crippen LogP contribution in [0, 0.1) is 0 Å². The van der Waals surface area contributed by atoms with Crippen molar-refractivity contribution in [3.8, 4) is 0 Å². The molecule has 3 rings (SSSR count). The number of hydrogen-bond donors (Lipinski definition) is 2. The van der Waals surface area contributed by atoms with Crippen LogP contribution in [0.25, 0.3) is 0 Å². The first-order valence-electron chi connectivity index (χ1n) is 8.87. The van der Waals surface area contributed by atoms with E-state index in [1.165, 1.54) is 6.07 Å². The van der Waals surface area contributed by atoms with Gasteiger partial charge in [0.2, 0.25) is 5.95 Å². The average Bonchev–Trinajstić information content (AvgIpc) is 2.60. The molecule has 0 amide bonds. The summed E-state index contributed by atoms with van der Waals surface area (Å²) < 4.78 is 40.1. The van der Waals surface area contributed by atoms with Gasteiger partial charge in [0.15, 0.2) is 0 Å². The Balaban J connectivity index is 1.90. The second kappa shape index (κ2) is 7.91.